The summed E-state index contributed by atoms with van der Waals surface area (Å²) in [5, 5.41) is 7.29. The van der Waals surface area contributed by atoms with Crippen LogP contribution in [-0.4, -0.2) is 21.8 Å². The van der Waals surface area contributed by atoms with E-state index in [0.29, 0.717) is 12.5 Å². The number of ether oxygens (including phenoxy) is 1. The van der Waals surface area contributed by atoms with E-state index in [9.17, 15) is 0 Å². The number of nitrogens with zero attached hydrogens (tertiary/aromatic N) is 2. The Morgan fingerprint density at radius 3 is 2.94 bits per heavy atom. The van der Waals surface area contributed by atoms with Crippen LogP contribution in [0.5, 0.6) is 5.75 Å². The first-order valence-corrected chi connectivity index (χ1v) is 6.03. The maximum Gasteiger partial charge on any atom is 0.184 e. The summed E-state index contributed by atoms with van der Waals surface area (Å²) in [5.74, 6) is 3.18. The quantitative estimate of drug-likeness (QED) is 0.877. The maximum absolute atomic E-state index is 5.58. The fourth-order valence-corrected chi connectivity index (χ4v) is 1.87. The maximum atomic E-state index is 5.58. The Hall–Kier alpha value is -1.84. The van der Waals surface area contributed by atoms with Gasteiger partial charge in [0.25, 0.3) is 0 Å². The zero-order chi connectivity index (χ0) is 11.7. The first kappa shape index (κ1) is 10.3. The van der Waals surface area contributed by atoms with Crippen LogP contribution >= 0.6 is 0 Å². The van der Waals surface area contributed by atoms with Gasteiger partial charge < -0.3 is 4.74 Å². The van der Waals surface area contributed by atoms with Crippen LogP contribution in [0.25, 0.3) is 11.4 Å². The van der Waals surface area contributed by atoms with Crippen molar-refractivity contribution in [2.24, 2.45) is 0 Å². The molecule has 1 aromatic heterocycles. The minimum Gasteiger partial charge on any atom is -0.493 e. The molecule has 88 valence electrons. The first-order valence-electron chi connectivity index (χ1n) is 6.03. The highest BCUT2D eigenvalue weighted by Gasteiger charge is 2.27. The lowest BCUT2D eigenvalue weighted by Crippen LogP contribution is -1.94. The van der Waals surface area contributed by atoms with Gasteiger partial charge >= 0.3 is 0 Å². The van der Waals surface area contributed by atoms with Crippen LogP contribution in [0.2, 0.25) is 0 Å². The molecule has 1 N–H and O–H groups in total. The standard InChI is InChI=1S/C13H15N3O/c1-2-17-11-6-4-3-5-10(11)13-14-12(15-16-13)9-7-8-9/h3-6,9H,2,7-8H2,1H3,(H,14,15,16). The van der Waals surface area contributed by atoms with Gasteiger partial charge in [0.2, 0.25) is 0 Å². The van der Waals surface area contributed by atoms with Gasteiger partial charge in [-0.3, -0.25) is 5.10 Å². The molecule has 4 heteroatoms. The molecule has 0 aliphatic heterocycles. The largest absolute Gasteiger partial charge is 0.493 e. The summed E-state index contributed by atoms with van der Waals surface area (Å²) in [7, 11) is 0. The number of nitrogens with one attached hydrogen (secondary N) is 1. The van der Waals surface area contributed by atoms with Crippen molar-refractivity contribution >= 4 is 0 Å². The molecule has 0 saturated heterocycles. The van der Waals surface area contributed by atoms with Gasteiger partial charge in [0.05, 0.1) is 12.2 Å². The van der Waals surface area contributed by atoms with Crippen LogP contribution in [-0.2, 0) is 0 Å². The van der Waals surface area contributed by atoms with Crippen LogP contribution in [0.15, 0.2) is 24.3 Å². The highest BCUT2D eigenvalue weighted by Crippen LogP contribution is 2.39. The molecule has 1 saturated carbocycles. The van der Waals surface area contributed by atoms with E-state index in [1.165, 1.54) is 12.8 Å². The molecule has 17 heavy (non-hydrogen) atoms. The summed E-state index contributed by atoms with van der Waals surface area (Å²) in [6.45, 7) is 2.63. The van der Waals surface area contributed by atoms with E-state index in [4.69, 9.17) is 4.74 Å². The number of rotatable bonds is 4. The van der Waals surface area contributed by atoms with Crippen molar-refractivity contribution in [1.29, 1.82) is 0 Å². The molecule has 1 heterocycles. The van der Waals surface area contributed by atoms with Gasteiger partial charge in [-0.2, -0.15) is 5.10 Å². The lowest BCUT2D eigenvalue weighted by molar-refractivity contribution is 0.341. The van der Waals surface area contributed by atoms with Crippen molar-refractivity contribution in [3.63, 3.8) is 0 Å². The molecule has 0 amide bonds. The minimum atomic E-state index is 0.593. The van der Waals surface area contributed by atoms with E-state index in [0.717, 1.165) is 23.0 Å². The zero-order valence-corrected chi connectivity index (χ0v) is 9.81. The second kappa shape index (κ2) is 4.20. The van der Waals surface area contributed by atoms with Gasteiger partial charge in [-0.15, -0.1) is 0 Å². The third-order valence-corrected chi connectivity index (χ3v) is 2.89. The molecule has 1 aliphatic carbocycles. The van der Waals surface area contributed by atoms with Crippen molar-refractivity contribution in [2.75, 3.05) is 6.61 Å². The van der Waals surface area contributed by atoms with E-state index >= 15 is 0 Å². The predicted molar refractivity (Wildman–Crippen MR) is 65.0 cm³/mol. The van der Waals surface area contributed by atoms with Crippen LogP contribution in [0.1, 0.15) is 31.5 Å². The Morgan fingerprint density at radius 2 is 2.18 bits per heavy atom. The SMILES string of the molecule is CCOc1ccccc1-c1n[nH]c(C2CC2)n1. The van der Waals surface area contributed by atoms with Crippen LogP contribution in [0.4, 0.5) is 0 Å². The van der Waals surface area contributed by atoms with Crippen molar-refractivity contribution in [3.05, 3.63) is 30.1 Å². The Kier molecular flexibility index (Phi) is 2.55. The molecule has 4 nitrogen and oxygen atoms in total. The van der Waals surface area contributed by atoms with Crippen molar-refractivity contribution in [1.82, 2.24) is 15.2 Å². The number of hydrogen-bond donors (Lipinski definition) is 1. The molecule has 0 spiro atoms. The second-order valence-corrected chi connectivity index (χ2v) is 4.25. The number of H-pyrrole nitrogens is 1. The van der Waals surface area contributed by atoms with Crippen LogP contribution in [0, 0.1) is 0 Å². The summed E-state index contributed by atoms with van der Waals surface area (Å²) in [6, 6.07) is 7.88. The summed E-state index contributed by atoms with van der Waals surface area (Å²) in [4.78, 5) is 4.54. The first-order chi connectivity index (χ1) is 8.38. The number of para-hydroxylation sites is 1. The third-order valence-electron chi connectivity index (χ3n) is 2.89. The summed E-state index contributed by atoms with van der Waals surface area (Å²) in [5.41, 5.74) is 0.956. The Morgan fingerprint density at radius 1 is 1.35 bits per heavy atom. The van der Waals surface area contributed by atoms with Crippen molar-refractivity contribution in [3.8, 4) is 17.1 Å². The third kappa shape index (κ3) is 2.02. The molecular weight excluding hydrogens is 214 g/mol. The number of aromatic amines is 1. The molecular formula is C13H15N3O. The summed E-state index contributed by atoms with van der Waals surface area (Å²) >= 11 is 0. The zero-order valence-electron chi connectivity index (χ0n) is 9.81. The van der Waals surface area contributed by atoms with Gasteiger partial charge in [-0.1, -0.05) is 12.1 Å². The highest BCUT2D eigenvalue weighted by molar-refractivity contribution is 5.63. The number of benzene rings is 1. The molecule has 3 rings (SSSR count). The van der Waals surface area contributed by atoms with Gasteiger partial charge in [0.15, 0.2) is 5.82 Å². The molecule has 0 radical (unpaired) electrons. The Labute approximate surface area is 100 Å². The topological polar surface area (TPSA) is 50.8 Å². The molecule has 0 atom stereocenters. The van der Waals surface area contributed by atoms with Gasteiger partial charge in [-0.25, -0.2) is 4.98 Å². The molecule has 0 unspecified atom stereocenters. The summed E-state index contributed by atoms with van der Waals surface area (Å²) in [6.07, 6.45) is 2.45. The number of aromatic nitrogens is 3. The van der Waals surface area contributed by atoms with Crippen LogP contribution < -0.4 is 4.74 Å². The van der Waals surface area contributed by atoms with Crippen molar-refractivity contribution < 1.29 is 4.74 Å². The lowest BCUT2D eigenvalue weighted by Gasteiger charge is -2.06. The van der Waals surface area contributed by atoms with Crippen molar-refractivity contribution in [2.45, 2.75) is 25.7 Å². The van der Waals surface area contributed by atoms with E-state index < -0.39 is 0 Å². The average Bonchev–Trinajstić information content (AvgIpc) is 3.09. The highest BCUT2D eigenvalue weighted by atomic mass is 16.5. The van der Waals surface area contributed by atoms with E-state index in [1.54, 1.807) is 0 Å². The lowest BCUT2D eigenvalue weighted by atomic mass is 10.2. The fourth-order valence-electron chi connectivity index (χ4n) is 1.87. The Balaban J connectivity index is 1.95. The molecule has 1 aromatic carbocycles. The second-order valence-electron chi connectivity index (χ2n) is 4.25. The summed E-state index contributed by atoms with van der Waals surface area (Å²) < 4.78 is 5.58. The normalized spacial score (nSPS) is 14.9. The molecule has 1 aliphatic rings. The Bertz CT molecular complexity index is 517. The van der Waals surface area contributed by atoms with Gasteiger partial charge in [0, 0.05) is 5.92 Å². The minimum absolute atomic E-state index is 0.593. The number of hydrogen-bond acceptors (Lipinski definition) is 3. The van der Waals surface area contributed by atoms with Crippen LogP contribution in [0.3, 0.4) is 0 Å². The van der Waals surface area contributed by atoms with E-state index in [1.807, 2.05) is 31.2 Å². The van der Waals surface area contributed by atoms with Gasteiger partial charge in [-0.05, 0) is 31.9 Å². The predicted octanol–water partition coefficient (Wildman–Crippen LogP) is 2.75. The van der Waals surface area contributed by atoms with Gasteiger partial charge in [0.1, 0.15) is 11.6 Å². The molecule has 2 aromatic rings. The fraction of sp³-hybridized carbons (Fsp3) is 0.385. The molecule has 1 fully saturated rings. The smallest absolute Gasteiger partial charge is 0.184 e. The molecule has 0 bridgehead atoms. The van der Waals surface area contributed by atoms with E-state index in [2.05, 4.69) is 15.2 Å². The van der Waals surface area contributed by atoms with E-state index in [-0.39, 0.29) is 0 Å². The average molecular weight is 229 g/mol. The monoisotopic (exact) mass is 229 g/mol.